The van der Waals surface area contributed by atoms with Gasteiger partial charge in [0.05, 0.1) is 31.2 Å². The smallest absolute Gasteiger partial charge is 0.312 e. The van der Waals surface area contributed by atoms with Crippen LogP contribution in [0.25, 0.3) is 0 Å². The predicted octanol–water partition coefficient (Wildman–Crippen LogP) is 8.42. The standard InChI is InChI=1S/C38H66NO3/c1-11-39(12-2,13-3)24-25-42-33(41)38-21-16-27(26(4)5)32(38)28-14-15-30-35(8)19-18-31(40)34(6,7)29(35)17-20-37(30,10)36(28,9)22-23-38/h27-32,40H,4,11-25H2,1-3,5-10H3/q+1/t27-,28?,29?,30?,31-,32+,35-,36+,37+,38-/m0/s1. The SMILES string of the molecule is C=C(C)[C@@H]1CC[C@]2(C(=O)OCC[N+](CC)(CC)CC)CC[C@]3(C)C(CCC4[C@@]5(C)CC[C@H](O)C(C)(C)C5CC[C@]43C)[C@@H]12. The summed E-state index contributed by atoms with van der Waals surface area (Å²) in [5.41, 5.74) is 1.69. The average Bonchev–Trinajstić information content (AvgIpc) is 3.35. The Kier molecular flexibility index (Phi) is 8.43. The molecular formula is C38H66NO3+. The van der Waals surface area contributed by atoms with E-state index in [1.165, 1.54) is 31.3 Å². The summed E-state index contributed by atoms with van der Waals surface area (Å²) in [4.78, 5) is 14.3. The first-order valence-corrected chi connectivity index (χ1v) is 18.0. The number of aliphatic hydroxyl groups is 1. The summed E-state index contributed by atoms with van der Waals surface area (Å²) in [6, 6.07) is 0. The predicted molar refractivity (Wildman–Crippen MR) is 173 cm³/mol. The number of nitrogens with zero attached hydrogens (tertiary/aromatic N) is 1. The zero-order chi connectivity index (χ0) is 30.9. The maximum atomic E-state index is 14.3. The highest BCUT2D eigenvalue weighted by molar-refractivity contribution is 5.78. The molecule has 5 saturated carbocycles. The van der Waals surface area contributed by atoms with Crippen LogP contribution in [0, 0.1) is 56.7 Å². The van der Waals surface area contributed by atoms with Crippen LogP contribution >= 0.6 is 0 Å². The molecule has 0 aliphatic heterocycles. The summed E-state index contributed by atoms with van der Waals surface area (Å²) in [6.45, 7) is 30.9. The van der Waals surface area contributed by atoms with Crippen molar-refractivity contribution in [2.45, 2.75) is 133 Å². The number of ether oxygens (including phenoxy) is 1. The number of carbonyl (C=O) groups is 1. The Morgan fingerprint density at radius 3 is 2.12 bits per heavy atom. The molecule has 42 heavy (non-hydrogen) atoms. The topological polar surface area (TPSA) is 46.5 Å². The van der Waals surface area contributed by atoms with Crippen molar-refractivity contribution in [3.05, 3.63) is 12.2 Å². The summed E-state index contributed by atoms with van der Waals surface area (Å²) in [5, 5.41) is 11.0. The van der Waals surface area contributed by atoms with Gasteiger partial charge in [0.15, 0.2) is 0 Å². The first-order chi connectivity index (χ1) is 19.6. The Hall–Kier alpha value is -0.870. The van der Waals surface area contributed by atoms with Crippen molar-refractivity contribution in [3.8, 4) is 0 Å². The zero-order valence-corrected chi connectivity index (χ0v) is 29.0. The van der Waals surface area contributed by atoms with Crippen LogP contribution in [-0.2, 0) is 9.53 Å². The summed E-state index contributed by atoms with van der Waals surface area (Å²) >= 11 is 0. The van der Waals surface area contributed by atoms with E-state index in [-0.39, 0.29) is 39.1 Å². The molecule has 0 spiro atoms. The van der Waals surface area contributed by atoms with Crippen LogP contribution in [-0.4, -0.2) is 54.4 Å². The van der Waals surface area contributed by atoms with Gasteiger partial charge < -0.3 is 14.3 Å². The minimum atomic E-state index is -0.338. The Balaban J connectivity index is 1.45. The van der Waals surface area contributed by atoms with Crippen LogP contribution < -0.4 is 0 Å². The van der Waals surface area contributed by atoms with E-state index >= 15 is 0 Å². The molecule has 5 aliphatic carbocycles. The van der Waals surface area contributed by atoms with Crippen molar-refractivity contribution >= 4 is 5.97 Å². The lowest BCUT2D eigenvalue weighted by molar-refractivity contribution is -0.923. The molecule has 240 valence electrons. The molecule has 3 unspecified atom stereocenters. The molecule has 0 aromatic rings. The van der Waals surface area contributed by atoms with Gasteiger partial charge in [0.2, 0.25) is 0 Å². The number of esters is 1. The summed E-state index contributed by atoms with van der Waals surface area (Å²) < 4.78 is 7.35. The van der Waals surface area contributed by atoms with E-state index in [0.29, 0.717) is 36.2 Å². The normalized spacial score (nSPS) is 46.1. The second-order valence-corrected chi connectivity index (χ2v) is 17.4. The fraction of sp³-hybridized carbons (Fsp3) is 0.921. The number of likely N-dealkylation sites (N-methyl/N-ethyl adjacent to an activating group) is 1. The lowest BCUT2D eigenvalue weighted by Gasteiger charge is -2.72. The number of carbonyl (C=O) groups excluding carboxylic acids is 1. The fourth-order valence-corrected chi connectivity index (χ4v) is 13.1. The Morgan fingerprint density at radius 2 is 1.50 bits per heavy atom. The number of rotatable bonds is 8. The van der Waals surface area contributed by atoms with Crippen LogP contribution in [0.5, 0.6) is 0 Å². The van der Waals surface area contributed by atoms with Crippen molar-refractivity contribution in [1.82, 2.24) is 0 Å². The number of quaternary nitrogens is 1. The number of allylic oxidation sites excluding steroid dienone is 1. The largest absolute Gasteiger partial charge is 0.459 e. The van der Waals surface area contributed by atoms with Gasteiger partial charge in [-0.1, -0.05) is 46.8 Å². The minimum absolute atomic E-state index is 0.0162. The lowest BCUT2D eigenvalue weighted by Crippen LogP contribution is -2.67. The zero-order valence-electron chi connectivity index (χ0n) is 29.0. The molecule has 0 bridgehead atoms. The highest BCUT2D eigenvalue weighted by Gasteiger charge is 2.72. The quantitative estimate of drug-likeness (QED) is 0.177. The molecule has 5 rings (SSSR count). The molecule has 0 saturated heterocycles. The maximum absolute atomic E-state index is 14.3. The number of aliphatic hydroxyl groups excluding tert-OH is 1. The summed E-state index contributed by atoms with van der Waals surface area (Å²) in [5.74, 6) is 2.71. The molecule has 1 N–H and O–H groups in total. The molecule has 10 atom stereocenters. The Bertz CT molecular complexity index is 1040. The van der Waals surface area contributed by atoms with Gasteiger partial charge in [-0.3, -0.25) is 4.79 Å². The Labute approximate surface area is 259 Å². The van der Waals surface area contributed by atoms with Gasteiger partial charge in [-0.2, -0.15) is 0 Å². The second-order valence-electron chi connectivity index (χ2n) is 17.4. The van der Waals surface area contributed by atoms with Crippen molar-refractivity contribution in [2.75, 3.05) is 32.8 Å². The molecular weight excluding hydrogens is 518 g/mol. The average molecular weight is 585 g/mol. The van der Waals surface area contributed by atoms with E-state index in [1.807, 2.05) is 0 Å². The molecule has 4 heteroatoms. The molecule has 5 fully saturated rings. The van der Waals surface area contributed by atoms with Gasteiger partial charge >= 0.3 is 5.97 Å². The highest BCUT2D eigenvalue weighted by Crippen LogP contribution is 2.77. The second kappa shape index (κ2) is 10.9. The van der Waals surface area contributed by atoms with E-state index in [2.05, 4.69) is 68.9 Å². The van der Waals surface area contributed by atoms with Crippen molar-refractivity contribution in [1.29, 1.82) is 0 Å². The first-order valence-electron chi connectivity index (χ1n) is 18.0. The summed E-state index contributed by atoms with van der Waals surface area (Å²) in [6.07, 6.45) is 11.1. The molecule has 0 heterocycles. The molecule has 0 amide bonds. The van der Waals surface area contributed by atoms with Crippen LogP contribution in [0.2, 0.25) is 0 Å². The number of hydrogen-bond acceptors (Lipinski definition) is 3. The first kappa shape index (κ1) is 32.5. The van der Waals surface area contributed by atoms with Crippen molar-refractivity contribution < 1.29 is 19.1 Å². The highest BCUT2D eigenvalue weighted by atomic mass is 16.5. The van der Waals surface area contributed by atoms with E-state index in [4.69, 9.17) is 4.74 Å². The van der Waals surface area contributed by atoms with Gasteiger partial charge in [0.1, 0.15) is 13.2 Å². The third-order valence-corrected chi connectivity index (χ3v) is 16.3. The molecule has 0 radical (unpaired) electrons. The van der Waals surface area contributed by atoms with Crippen molar-refractivity contribution in [3.63, 3.8) is 0 Å². The maximum Gasteiger partial charge on any atom is 0.312 e. The van der Waals surface area contributed by atoms with Crippen LogP contribution in [0.1, 0.15) is 127 Å². The molecule has 0 aromatic heterocycles. The van der Waals surface area contributed by atoms with Crippen molar-refractivity contribution in [2.24, 2.45) is 56.7 Å². The number of hydrogen-bond donors (Lipinski definition) is 1. The van der Waals surface area contributed by atoms with Crippen LogP contribution in [0.4, 0.5) is 0 Å². The summed E-state index contributed by atoms with van der Waals surface area (Å²) in [7, 11) is 0. The van der Waals surface area contributed by atoms with Gasteiger partial charge in [-0.15, -0.1) is 0 Å². The van der Waals surface area contributed by atoms with Crippen LogP contribution in [0.15, 0.2) is 12.2 Å². The van der Waals surface area contributed by atoms with Gasteiger partial charge in [0.25, 0.3) is 0 Å². The molecule has 5 aliphatic rings. The van der Waals surface area contributed by atoms with Gasteiger partial charge in [-0.05, 0) is 143 Å². The van der Waals surface area contributed by atoms with Gasteiger partial charge in [-0.25, -0.2) is 0 Å². The Morgan fingerprint density at radius 1 is 0.833 bits per heavy atom. The van der Waals surface area contributed by atoms with Crippen LogP contribution in [0.3, 0.4) is 0 Å². The lowest BCUT2D eigenvalue weighted by atomic mass is 9.32. The van der Waals surface area contributed by atoms with E-state index in [0.717, 1.165) is 69.2 Å². The monoisotopic (exact) mass is 585 g/mol. The number of fused-ring (bicyclic) bond motifs is 7. The van der Waals surface area contributed by atoms with E-state index < -0.39 is 0 Å². The molecule has 0 aromatic carbocycles. The fourth-order valence-electron chi connectivity index (χ4n) is 13.1. The minimum Gasteiger partial charge on any atom is -0.459 e. The third kappa shape index (κ3) is 4.37. The van der Waals surface area contributed by atoms with E-state index in [9.17, 15) is 9.90 Å². The molecule has 4 nitrogen and oxygen atoms in total. The van der Waals surface area contributed by atoms with E-state index in [1.54, 1.807) is 0 Å². The third-order valence-electron chi connectivity index (χ3n) is 16.3. The van der Waals surface area contributed by atoms with Gasteiger partial charge in [0, 0.05) is 0 Å².